The van der Waals surface area contributed by atoms with Gasteiger partial charge in [0, 0.05) is 12.7 Å². The Morgan fingerprint density at radius 2 is 1.73 bits per heavy atom. The fraction of sp³-hybridized carbons (Fsp3) is 0.500. The van der Waals surface area contributed by atoms with Crippen molar-refractivity contribution in [3.05, 3.63) is 57.7 Å². The summed E-state index contributed by atoms with van der Waals surface area (Å²) in [5.74, 6) is 0.413. The number of hydrogen-bond donors (Lipinski definition) is 0. The van der Waals surface area contributed by atoms with Crippen molar-refractivity contribution >= 4 is 24.2 Å². The van der Waals surface area contributed by atoms with Crippen LogP contribution < -0.4 is 4.74 Å². The van der Waals surface area contributed by atoms with Crippen molar-refractivity contribution in [3.63, 3.8) is 0 Å². The predicted octanol–water partition coefficient (Wildman–Crippen LogP) is 7.40. The Morgan fingerprint density at radius 1 is 1.03 bits per heavy atom. The third-order valence-electron chi connectivity index (χ3n) is 5.46. The van der Waals surface area contributed by atoms with Crippen LogP contribution >= 0.6 is 15.9 Å². The van der Waals surface area contributed by atoms with Gasteiger partial charge in [-0.25, -0.2) is 4.98 Å². The molecule has 0 atom stereocenters. The van der Waals surface area contributed by atoms with Crippen LogP contribution in [0.3, 0.4) is 0 Å². The second-order valence-corrected chi connectivity index (χ2v) is 14.4. The van der Waals surface area contributed by atoms with Crippen molar-refractivity contribution in [1.29, 1.82) is 0 Å². The van der Waals surface area contributed by atoms with E-state index in [1.54, 1.807) is 18.2 Å². The van der Waals surface area contributed by atoms with E-state index in [4.69, 9.17) is 9.16 Å². The molecule has 0 aliphatic heterocycles. The van der Waals surface area contributed by atoms with Crippen LogP contribution in [-0.4, -0.2) is 19.9 Å². The van der Waals surface area contributed by atoms with Crippen LogP contribution in [0, 0.1) is 0 Å². The lowest BCUT2D eigenvalue weighted by atomic mass is 10.00. The van der Waals surface area contributed by atoms with Gasteiger partial charge in [-0.3, -0.25) is 0 Å². The fourth-order valence-electron chi connectivity index (χ4n) is 2.60. The summed E-state index contributed by atoms with van der Waals surface area (Å²) in [4.78, 5) is 4.20. The molecule has 0 saturated carbocycles. The van der Waals surface area contributed by atoms with Gasteiger partial charge in [-0.15, -0.1) is 18.1 Å². The number of halogens is 4. The molecule has 167 valence electrons. The first-order chi connectivity index (χ1) is 13.8. The zero-order valence-electron chi connectivity index (χ0n) is 18.1. The lowest BCUT2D eigenvalue weighted by Crippen LogP contribution is -2.41. The molecule has 2 rings (SSSR count). The van der Waals surface area contributed by atoms with Gasteiger partial charge in [-0.2, -0.15) is 13.2 Å². The third kappa shape index (κ3) is 7.09. The van der Waals surface area contributed by atoms with Crippen LogP contribution in [0.4, 0.5) is 13.2 Å². The van der Waals surface area contributed by atoms with E-state index in [1.165, 1.54) is 12.1 Å². The molecular weight excluding hydrogens is 475 g/mol. The first kappa shape index (κ1) is 24.9. The van der Waals surface area contributed by atoms with E-state index in [-0.39, 0.29) is 11.6 Å². The maximum atomic E-state index is 13.2. The lowest BCUT2D eigenvalue weighted by Gasteiger charge is -2.48. The monoisotopic (exact) mass is 503 g/mol. The number of nitrogens with zero attached hydrogens (tertiary/aromatic N) is 1. The smallest absolute Gasteiger partial charge is 0.416 e. The molecule has 30 heavy (non-hydrogen) atoms. The van der Waals surface area contributed by atoms with Crippen molar-refractivity contribution in [2.24, 2.45) is 0 Å². The van der Waals surface area contributed by atoms with E-state index in [1.807, 2.05) is 0 Å². The minimum Gasteiger partial charge on any atom is -0.564 e. The fourth-order valence-corrected chi connectivity index (χ4v) is 4.02. The molecule has 0 N–H and O–H groups in total. The molecule has 0 radical (unpaired) electrons. The van der Waals surface area contributed by atoms with Gasteiger partial charge in [0.25, 0.3) is 0 Å². The molecule has 3 nitrogen and oxygen atoms in total. The van der Waals surface area contributed by atoms with Gasteiger partial charge in [0.2, 0.25) is 5.88 Å². The van der Waals surface area contributed by atoms with Crippen LogP contribution in [0.25, 0.3) is 0 Å². The summed E-state index contributed by atoms with van der Waals surface area (Å²) < 4.78 is 52.1. The van der Waals surface area contributed by atoms with Gasteiger partial charge >= 0.3 is 6.18 Å². The zero-order chi connectivity index (χ0) is 22.6. The quantitative estimate of drug-likeness (QED) is 0.213. The molecule has 1 aromatic carbocycles. The normalized spacial score (nSPS) is 12.8. The maximum absolute atomic E-state index is 13.2. The van der Waals surface area contributed by atoms with Crippen LogP contribution in [0.2, 0.25) is 18.1 Å². The Bertz CT molecular complexity index is 851. The van der Waals surface area contributed by atoms with E-state index >= 15 is 0 Å². The summed E-state index contributed by atoms with van der Waals surface area (Å²) in [6.07, 6.45) is -3.24. The Labute approximate surface area is 186 Å². The molecule has 0 fully saturated rings. The van der Waals surface area contributed by atoms with E-state index in [2.05, 4.69) is 54.8 Å². The molecule has 0 spiro atoms. The number of aromatic nitrogens is 1. The van der Waals surface area contributed by atoms with Gasteiger partial charge in [0.1, 0.15) is 11.2 Å². The molecular formula is C22H29BrF3NO2Si-. The summed E-state index contributed by atoms with van der Waals surface area (Å²) in [7, 11) is -1.88. The average molecular weight is 504 g/mol. The lowest BCUT2D eigenvalue weighted by molar-refractivity contribution is -0.137. The molecule has 1 heterocycles. The van der Waals surface area contributed by atoms with E-state index in [0.717, 1.165) is 11.6 Å². The Balaban J connectivity index is 2.10. The number of benzene rings is 1. The first-order valence-electron chi connectivity index (χ1n) is 9.88. The molecule has 0 bridgehead atoms. The van der Waals surface area contributed by atoms with Gasteiger partial charge in [0.15, 0.2) is 0 Å². The highest BCUT2D eigenvalue weighted by Gasteiger charge is 2.31. The number of ether oxygens (including phenoxy) is 1. The molecule has 0 saturated heterocycles. The van der Waals surface area contributed by atoms with Gasteiger partial charge < -0.3 is 9.16 Å². The highest BCUT2D eigenvalue weighted by Crippen LogP contribution is 2.36. The van der Waals surface area contributed by atoms with Crippen molar-refractivity contribution in [1.82, 2.24) is 4.98 Å². The van der Waals surface area contributed by atoms with Gasteiger partial charge in [0.05, 0.1) is 5.56 Å². The number of alkyl halides is 3. The molecule has 0 aliphatic carbocycles. The minimum absolute atomic E-state index is 0.0964. The van der Waals surface area contributed by atoms with E-state index < -0.39 is 20.1 Å². The average Bonchev–Trinajstić information content (AvgIpc) is 2.62. The molecule has 8 heteroatoms. The Hall–Kier alpha value is -1.38. The molecule has 1 aromatic heterocycles. The van der Waals surface area contributed by atoms with Gasteiger partial charge in [-0.05, 0) is 66.4 Å². The maximum Gasteiger partial charge on any atom is 0.416 e. The van der Waals surface area contributed by atoms with Gasteiger partial charge in [-0.1, -0.05) is 32.9 Å². The summed E-state index contributed by atoms with van der Waals surface area (Å²) >= 11 is 3.28. The summed E-state index contributed by atoms with van der Waals surface area (Å²) in [5.41, 5.74) is 0.697. The highest BCUT2D eigenvalue weighted by molar-refractivity contribution is 9.10. The van der Waals surface area contributed by atoms with Crippen molar-refractivity contribution in [3.8, 4) is 5.88 Å². The second kappa shape index (κ2) is 9.83. The molecule has 0 amide bonds. The van der Waals surface area contributed by atoms with Crippen LogP contribution in [-0.2, 0) is 23.6 Å². The number of pyridine rings is 1. The minimum atomic E-state index is -4.38. The Kier molecular flexibility index (Phi) is 8.15. The number of aryl methyl sites for hydroxylation is 1. The topological polar surface area (TPSA) is 31.4 Å². The predicted molar refractivity (Wildman–Crippen MR) is 119 cm³/mol. The van der Waals surface area contributed by atoms with Crippen LogP contribution in [0.5, 0.6) is 5.88 Å². The third-order valence-corrected chi connectivity index (χ3v) is 10.4. The van der Waals surface area contributed by atoms with E-state index in [0.29, 0.717) is 35.5 Å². The standard InChI is InChI=1S/C22H29BrF3NO2Si/c1-21(2,3)30(4,5)29-13-7-8-16-14-18(22(24,25)26)12-11-17(16)15-28-20-10-6-9-19(23)27-20/h6,9-12,14H,7-8,13,15H2,1-5H3/q-1. The van der Waals surface area contributed by atoms with Crippen LogP contribution in [0.15, 0.2) is 41.0 Å². The molecule has 0 unspecified atom stereocenters. The summed E-state index contributed by atoms with van der Waals surface area (Å²) in [6, 6.07) is 9.09. The highest BCUT2D eigenvalue weighted by atomic mass is 79.9. The summed E-state index contributed by atoms with van der Waals surface area (Å²) in [6.45, 7) is 11.5. The van der Waals surface area contributed by atoms with Crippen molar-refractivity contribution in [2.45, 2.75) is 64.5 Å². The largest absolute Gasteiger partial charge is 0.564 e. The summed E-state index contributed by atoms with van der Waals surface area (Å²) in [5, 5.41) is 0.0964. The van der Waals surface area contributed by atoms with Crippen LogP contribution in [0.1, 0.15) is 43.9 Å². The zero-order valence-corrected chi connectivity index (χ0v) is 20.7. The van der Waals surface area contributed by atoms with Crippen molar-refractivity contribution < 1.29 is 22.3 Å². The van der Waals surface area contributed by atoms with E-state index in [9.17, 15) is 13.2 Å². The first-order valence-corrected chi connectivity index (χ1v) is 13.6. The molecule has 0 aliphatic rings. The SMILES string of the molecule is CC(C)(C)[Si-](C)(C)OCCCc1cc(C(F)(F)F)ccc1COc1cccc(Br)n1. The second-order valence-electron chi connectivity index (χ2n) is 8.78. The molecule has 2 aromatic rings. The number of rotatable bonds is 8. The van der Waals surface area contributed by atoms with Crippen molar-refractivity contribution in [2.75, 3.05) is 6.61 Å². The number of hydrogen-bond acceptors (Lipinski definition) is 3. The Morgan fingerprint density at radius 3 is 2.33 bits per heavy atom.